The normalized spacial score (nSPS) is 27.5. The van der Waals surface area contributed by atoms with Crippen LogP contribution in [0.15, 0.2) is 4.52 Å². The average Bonchev–Trinajstić information content (AvgIpc) is 3.00. The van der Waals surface area contributed by atoms with E-state index in [1.54, 1.807) is 0 Å². The van der Waals surface area contributed by atoms with Gasteiger partial charge < -0.3 is 10.3 Å². The molecule has 1 aromatic rings. The lowest BCUT2D eigenvalue weighted by atomic mass is 9.95. The van der Waals surface area contributed by atoms with E-state index in [1.807, 2.05) is 23.5 Å². The second-order valence-electron chi connectivity index (χ2n) is 5.23. The van der Waals surface area contributed by atoms with Crippen molar-refractivity contribution in [3.05, 3.63) is 11.7 Å². The highest BCUT2D eigenvalue weighted by molar-refractivity contribution is 8.06. The van der Waals surface area contributed by atoms with Crippen molar-refractivity contribution in [3.8, 4) is 0 Å². The monoisotopic (exact) mass is 285 g/mol. The summed E-state index contributed by atoms with van der Waals surface area (Å²) in [5.74, 6) is 5.10. The Hall–Kier alpha value is -0.200. The molecule has 1 saturated carbocycles. The van der Waals surface area contributed by atoms with Crippen LogP contribution in [0.1, 0.15) is 42.6 Å². The quantitative estimate of drug-likeness (QED) is 0.920. The summed E-state index contributed by atoms with van der Waals surface area (Å²) in [4.78, 5) is 4.55. The molecule has 0 spiro atoms. The van der Waals surface area contributed by atoms with E-state index in [4.69, 9.17) is 10.3 Å². The number of nitrogens with two attached hydrogens (primary N) is 1. The SMILES string of the molecule is NC1(Cc2nc(C3CSCCS3)no2)CCCC1. The minimum absolute atomic E-state index is 0.0989. The van der Waals surface area contributed by atoms with Gasteiger partial charge in [-0.15, -0.1) is 11.8 Å². The van der Waals surface area contributed by atoms with Crippen molar-refractivity contribution in [2.45, 2.75) is 42.9 Å². The van der Waals surface area contributed by atoms with Gasteiger partial charge in [0.2, 0.25) is 5.89 Å². The van der Waals surface area contributed by atoms with Gasteiger partial charge in [0.25, 0.3) is 0 Å². The van der Waals surface area contributed by atoms with Crippen molar-refractivity contribution in [3.63, 3.8) is 0 Å². The Bertz CT molecular complexity index is 398. The van der Waals surface area contributed by atoms with Crippen LogP contribution in [-0.4, -0.2) is 32.9 Å². The van der Waals surface area contributed by atoms with Gasteiger partial charge in [-0.1, -0.05) is 18.0 Å². The molecule has 1 aliphatic heterocycles. The minimum Gasteiger partial charge on any atom is -0.339 e. The van der Waals surface area contributed by atoms with Crippen LogP contribution in [0.3, 0.4) is 0 Å². The molecule has 6 heteroatoms. The standard InChI is InChI=1S/C12H19N3OS2/c13-12(3-1-2-4-12)7-10-14-11(15-16-10)9-8-17-5-6-18-9/h9H,1-8,13H2. The molecule has 1 aromatic heterocycles. The van der Waals surface area contributed by atoms with Crippen molar-refractivity contribution in [2.75, 3.05) is 17.3 Å². The smallest absolute Gasteiger partial charge is 0.228 e. The van der Waals surface area contributed by atoms with Gasteiger partial charge in [-0.3, -0.25) is 0 Å². The molecule has 1 unspecified atom stereocenters. The predicted octanol–water partition coefficient (Wildman–Crippen LogP) is 2.40. The Balaban J connectivity index is 1.65. The summed E-state index contributed by atoms with van der Waals surface area (Å²) in [7, 11) is 0. The molecular weight excluding hydrogens is 266 g/mol. The maximum Gasteiger partial charge on any atom is 0.228 e. The van der Waals surface area contributed by atoms with E-state index in [0.29, 0.717) is 5.25 Å². The lowest BCUT2D eigenvalue weighted by Crippen LogP contribution is -2.38. The molecule has 3 rings (SSSR count). The second kappa shape index (κ2) is 5.43. The van der Waals surface area contributed by atoms with Crippen molar-refractivity contribution in [2.24, 2.45) is 5.73 Å². The number of hydrogen-bond donors (Lipinski definition) is 1. The highest BCUT2D eigenvalue weighted by atomic mass is 32.2. The first kappa shape index (κ1) is 12.8. The molecule has 0 aromatic carbocycles. The summed E-state index contributed by atoms with van der Waals surface area (Å²) < 4.78 is 5.38. The molecule has 0 amide bonds. The van der Waals surface area contributed by atoms with E-state index >= 15 is 0 Å². The molecule has 2 N–H and O–H groups in total. The van der Waals surface area contributed by atoms with Gasteiger partial charge in [0.05, 0.1) is 5.25 Å². The molecule has 2 heterocycles. The number of nitrogens with zero attached hydrogens (tertiary/aromatic N) is 2. The third-order valence-corrected chi connectivity index (χ3v) is 6.44. The Labute approximate surface area is 116 Å². The molecule has 18 heavy (non-hydrogen) atoms. The Kier molecular flexibility index (Phi) is 3.86. The molecule has 100 valence electrons. The third-order valence-electron chi connectivity index (χ3n) is 3.69. The molecule has 2 fully saturated rings. The Morgan fingerprint density at radius 2 is 2.17 bits per heavy atom. The maximum atomic E-state index is 6.34. The molecule has 2 aliphatic rings. The summed E-state index contributed by atoms with van der Waals surface area (Å²) >= 11 is 3.91. The lowest BCUT2D eigenvalue weighted by molar-refractivity contribution is 0.327. The van der Waals surface area contributed by atoms with Gasteiger partial charge in [-0.2, -0.15) is 16.7 Å². The molecular formula is C12H19N3OS2. The van der Waals surface area contributed by atoms with Crippen molar-refractivity contribution < 1.29 is 4.52 Å². The van der Waals surface area contributed by atoms with Crippen LogP contribution in [-0.2, 0) is 6.42 Å². The van der Waals surface area contributed by atoms with Gasteiger partial charge >= 0.3 is 0 Å². The fraction of sp³-hybridized carbons (Fsp3) is 0.833. The lowest BCUT2D eigenvalue weighted by Gasteiger charge is -2.20. The van der Waals surface area contributed by atoms with Crippen LogP contribution < -0.4 is 5.73 Å². The van der Waals surface area contributed by atoms with Gasteiger partial charge in [0.1, 0.15) is 0 Å². The predicted molar refractivity (Wildman–Crippen MR) is 75.9 cm³/mol. The zero-order chi connectivity index (χ0) is 12.4. The molecule has 1 saturated heterocycles. The first-order valence-corrected chi connectivity index (χ1v) is 8.76. The van der Waals surface area contributed by atoms with E-state index in [9.17, 15) is 0 Å². The van der Waals surface area contributed by atoms with Crippen molar-refractivity contribution >= 4 is 23.5 Å². The van der Waals surface area contributed by atoms with Crippen molar-refractivity contribution in [1.82, 2.24) is 10.1 Å². The summed E-state index contributed by atoms with van der Waals surface area (Å²) in [6.45, 7) is 0. The Morgan fingerprint density at radius 1 is 1.33 bits per heavy atom. The fourth-order valence-corrected chi connectivity index (χ4v) is 5.25. The van der Waals surface area contributed by atoms with Crippen LogP contribution in [0.5, 0.6) is 0 Å². The Morgan fingerprint density at radius 3 is 2.89 bits per heavy atom. The van der Waals surface area contributed by atoms with Crippen LogP contribution in [0.2, 0.25) is 0 Å². The maximum absolute atomic E-state index is 6.34. The average molecular weight is 285 g/mol. The number of aromatic nitrogens is 2. The largest absolute Gasteiger partial charge is 0.339 e. The number of hydrogen-bond acceptors (Lipinski definition) is 6. The first-order chi connectivity index (χ1) is 8.75. The molecule has 1 aliphatic carbocycles. The van der Waals surface area contributed by atoms with Gasteiger partial charge in [0.15, 0.2) is 5.82 Å². The summed E-state index contributed by atoms with van der Waals surface area (Å²) in [6, 6.07) is 0. The van der Waals surface area contributed by atoms with Crippen LogP contribution in [0, 0.1) is 0 Å². The van der Waals surface area contributed by atoms with E-state index in [0.717, 1.165) is 36.7 Å². The van der Waals surface area contributed by atoms with E-state index in [-0.39, 0.29) is 5.54 Å². The number of rotatable bonds is 3. The van der Waals surface area contributed by atoms with Gasteiger partial charge in [0, 0.05) is 29.2 Å². The molecule has 0 radical (unpaired) electrons. The topological polar surface area (TPSA) is 64.9 Å². The van der Waals surface area contributed by atoms with Gasteiger partial charge in [-0.25, -0.2) is 0 Å². The van der Waals surface area contributed by atoms with Crippen LogP contribution in [0.25, 0.3) is 0 Å². The highest BCUT2D eigenvalue weighted by Crippen LogP contribution is 2.36. The molecule has 1 atom stereocenters. The fourth-order valence-electron chi connectivity index (χ4n) is 2.66. The summed E-state index contributed by atoms with van der Waals surface area (Å²) in [6.07, 6.45) is 5.36. The number of thioether (sulfide) groups is 2. The van der Waals surface area contributed by atoms with E-state index < -0.39 is 0 Å². The minimum atomic E-state index is -0.0989. The molecule has 4 nitrogen and oxygen atoms in total. The zero-order valence-corrected chi connectivity index (χ0v) is 12.1. The van der Waals surface area contributed by atoms with Crippen molar-refractivity contribution in [1.29, 1.82) is 0 Å². The van der Waals surface area contributed by atoms with E-state index in [2.05, 4.69) is 10.1 Å². The second-order valence-corrected chi connectivity index (χ2v) is 7.69. The highest BCUT2D eigenvalue weighted by Gasteiger charge is 2.32. The van der Waals surface area contributed by atoms with Gasteiger partial charge in [-0.05, 0) is 12.8 Å². The molecule has 0 bridgehead atoms. The van der Waals surface area contributed by atoms with E-state index in [1.165, 1.54) is 24.3 Å². The third kappa shape index (κ3) is 2.86. The van der Waals surface area contributed by atoms with Crippen LogP contribution in [0.4, 0.5) is 0 Å². The summed E-state index contributed by atoms with van der Waals surface area (Å²) in [5, 5.41) is 4.54. The first-order valence-electron chi connectivity index (χ1n) is 6.56. The summed E-state index contributed by atoms with van der Waals surface area (Å²) in [5.41, 5.74) is 6.24. The van der Waals surface area contributed by atoms with Crippen LogP contribution >= 0.6 is 23.5 Å². The zero-order valence-electron chi connectivity index (χ0n) is 10.4.